The highest BCUT2D eigenvalue weighted by Gasteiger charge is 2.19. The van der Waals surface area contributed by atoms with Crippen molar-refractivity contribution in [1.82, 2.24) is 5.32 Å². The van der Waals surface area contributed by atoms with Crippen molar-refractivity contribution in [3.63, 3.8) is 0 Å². The Kier molecular flexibility index (Phi) is 2.06. The van der Waals surface area contributed by atoms with Gasteiger partial charge in [-0.05, 0) is 12.0 Å². The van der Waals surface area contributed by atoms with Crippen molar-refractivity contribution in [2.75, 3.05) is 0 Å². The van der Waals surface area contributed by atoms with Crippen LogP contribution in [0, 0.1) is 0 Å². The first-order valence-electron chi connectivity index (χ1n) is 3.43. The number of hydrogen-bond donors (Lipinski definition) is 2. The predicted molar refractivity (Wildman–Crippen MR) is 37.1 cm³/mol. The molecular weight excluding hydrogens is 130 g/mol. The highest BCUT2D eigenvalue weighted by molar-refractivity contribution is 5.91. The molecular formula is C7H11NO2. The molecule has 56 valence electrons. The van der Waals surface area contributed by atoms with Gasteiger partial charge in [0.2, 0.25) is 5.91 Å². The second-order valence-corrected chi connectivity index (χ2v) is 2.38. The number of carbonyl (C=O) groups is 1. The number of rotatable bonds is 2. The first-order chi connectivity index (χ1) is 4.74. The molecule has 3 nitrogen and oxygen atoms in total. The highest BCUT2D eigenvalue weighted by Crippen LogP contribution is 2.12. The Bertz CT molecular complexity index is 174. The van der Waals surface area contributed by atoms with Crippen LogP contribution in [-0.2, 0) is 4.79 Å². The summed E-state index contributed by atoms with van der Waals surface area (Å²) in [6, 6.07) is 0. The van der Waals surface area contributed by atoms with E-state index in [2.05, 4.69) is 5.32 Å². The molecule has 0 saturated carbocycles. The number of carbonyl (C=O) groups excluding carboxylic acids is 1. The van der Waals surface area contributed by atoms with Crippen molar-refractivity contribution in [3.8, 4) is 0 Å². The zero-order chi connectivity index (χ0) is 7.56. The lowest BCUT2D eigenvalue weighted by Gasteiger charge is -2.05. The average Bonchev–Trinajstić information content (AvgIpc) is 2.13. The van der Waals surface area contributed by atoms with Gasteiger partial charge in [0.15, 0.2) is 0 Å². The molecule has 0 aromatic rings. The predicted octanol–water partition coefficient (Wildman–Crippen LogP) is 0.161. The molecule has 0 aromatic heterocycles. The van der Waals surface area contributed by atoms with Crippen LogP contribution in [0.1, 0.15) is 19.8 Å². The Morgan fingerprint density at radius 1 is 1.80 bits per heavy atom. The molecule has 1 atom stereocenters. The van der Waals surface area contributed by atoms with E-state index in [-0.39, 0.29) is 5.91 Å². The van der Waals surface area contributed by atoms with E-state index in [1.165, 1.54) is 6.08 Å². The van der Waals surface area contributed by atoms with Gasteiger partial charge in [0.25, 0.3) is 0 Å². The first kappa shape index (κ1) is 7.28. The van der Waals surface area contributed by atoms with Gasteiger partial charge >= 0.3 is 0 Å². The van der Waals surface area contributed by atoms with Crippen LogP contribution in [0.15, 0.2) is 11.6 Å². The van der Waals surface area contributed by atoms with Crippen molar-refractivity contribution in [2.24, 2.45) is 0 Å². The molecule has 2 N–H and O–H groups in total. The van der Waals surface area contributed by atoms with Gasteiger partial charge in [0.1, 0.15) is 6.23 Å². The molecule has 3 heteroatoms. The highest BCUT2D eigenvalue weighted by atomic mass is 16.3. The molecule has 0 aliphatic carbocycles. The van der Waals surface area contributed by atoms with Crippen molar-refractivity contribution >= 4 is 5.91 Å². The van der Waals surface area contributed by atoms with E-state index < -0.39 is 6.23 Å². The fourth-order valence-corrected chi connectivity index (χ4v) is 1.01. The van der Waals surface area contributed by atoms with Gasteiger partial charge in [0, 0.05) is 6.08 Å². The lowest BCUT2D eigenvalue weighted by molar-refractivity contribution is -0.117. The van der Waals surface area contributed by atoms with Crippen molar-refractivity contribution in [3.05, 3.63) is 11.6 Å². The third-order valence-corrected chi connectivity index (χ3v) is 1.49. The van der Waals surface area contributed by atoms with E-state index >= 15 is 0 Å². The minimum atomic E-state index is -0.729. The number of hydrogen-bond acceptors (Lipinski definition) is 2. The molecule has 0 radical (unpaired) electrons. The summed E-state index contributed by atoms with van der Waals surface area (Å²) in [7, 11) is 0. The molecule has 0 fully saturated rings. The second kappa shape index (κ2) is 2.84. The maximum atomic E-state index is 10.6. The molecule has 1 amide bonds. The summed E-state index contributed by atoms with van der Waals surface area (Å²) >= 11 is 0. The van der Waals surface area contributed by atoms with E-state index in [0.29, 0.717) is 0 Å². The Balaban J connectivity index is 2.56. The molecule has 0 saturated heterocycles. The summed E-state index contributed by atoms with van der Waals surface area (Å²) in [6.45, 7) is 2.01. The third-order valence-electron chi connectivity index (χ3n) is 1.49. The summed E-state index contributed by atoms with van der Waals surface area (Å²) < 4.78 is 0. The summed E-state index contributed by atoms with van der Waals surface area (Å²) in [5.41, 5.74) is 0.799. The molecule has 0 spiro atoms. The van der Waals surface area contributed by atoms with E-state index in [9.17, 15) is 4.79 Å². The van der Waals surface area contributed by atoms with Crippen LogP contribution in [0.25, 0.3) is 0 Å². The van der Waals surface area contributed by atoms with E-state index in [0.717, 1.165) is 18.4 Å². The Labute approximate surface area is 59.7 Å². The fourth-order valence-electron chi connectivity index (χ4n) is 1.01. The van der Waals surface area contributed by atoms with E-state index in [4.69, 9.17) is 5.11 Å². The maximum Gasteiger partial charge on any atom is 0.246 e. The van der Waals surface area contributed by atoms with Gasteiger partial charge in [-0.15, -0.1) is 0 Å². The summed E-state index contributed by atoms with van der Waals surface area (Å²) in [5.74, 6) is -0.184. The molecule has 1 rings (SSSR count). The Morgan fingerprint density at radius 2 is 2.50 bits per heavy atom. The standard InChI is InChI=1S/C7H11NO2/c1-2-3-5-4-6(9)8-7(5)10/h4,7,10H,2-3H2,1H3,(H,8,9). The quantitative estimate of drug-likeness (QED) is 0.575. The Hall–Kier alpha value is -0.830. The summed E-state index contributed by atoms with van der Waals surface area (Å²) in [4.78, 5) is 10.6. The normalized spacial score (nSPS) is 24.4. The Morgan fingerprint density at radius 3 is 2.90 bits per heavy atom. The van der Waals surface area contributed by atoms with Gasteiger partial charge in [-0.25, -0.2) is 0 Å². The van der Waals surface area contributed by atoms with Crippen LogP contribution in [0.3, 0.4) is 0 Å². The second-order valence-electron chi connectivity index (χ2n) is 2.38. The SMILES string of the molecule is CCCC1=CC(=O)NC1O. The molecule has 1 unspecified atom stereocenters. The van der Waals surface area contributed by atoms with Crippen LogP contribution < -0.4 is 5.32 Å². The van der Waals surface area contributed by atoms with Crippen LogP contribution in [0.4, 0.5) is 0 Å². The van der Waals surface area contributed by atoms with Crippen molar-refractivity contribution in [1.29, 1.82) is 0 Å². The number of aliphatic hydroxyl groups excluding tert-OH is 1. The lowest BCUT2D eigenvalue weighted by Crippen LogP contribution is -2.27. The van der Waals surface area contributed by atoms with Gasteiger partial charge in [-0.2, -0.15) is 0 Å². The summed E-state index contributed by atoms with van der Waals surface area (Å²) in [6.07, 6.45) is 2.48. The number of amides is 1. The molecule has 1 heterocycles. The van der Waals surface area contributed by atoms with Crippen LogP contribution in [-0.4, -0.2) is 17.2 Å². The number of nitrogens with one attached hydrogen (secondary N) is 1. The topological polar surface area (TPSA) is 49.3 Å². The largest absolute Gasteiger partial charge is 0.370 e. The summed E-state index contributed by atoms with van der Waals surface area (Å²) in [5, 5.41) is 11.5. The van der Waals surface area contributed by atoms with Crippen molar-refractivity contribution < 1.29 is 9.90 Å². The average molecular weight is 141 g/mol. The van der Waals surface area contributed by atoms with Crippen LogP contribution in [0.5, 0.6) is 0 Å². The van der Waals surface area contributed by atoms with Crippen LogP contribution >= 0.6 is 0 Å². The third kappa shape index (κ3) is 1.36. The lowest BCUT2D eigenvalue weighted by atomic mass is 10.1. The molecule has 0 aromatic carbocycles. The van der Waals surface area contributed by atoms with Gasteiger partial charge in [-0.1, -0.05) is 13.3 Å². The maximum absolute atomic E-state index is 10.6. The molecule has 1 aliphatic rings. The van der Waals surface area contributed by atoms with Crippen molar-refractivity contribution in [2.45, 2.75) is 26.0 Å². The smallest absolute Gasteiger partial charge is 0.246 e. The van der Waals surface area contributed by atoms with Crippen LogP contribution in [0.2, 0.25) is 0 Å². The van der Waals surface area contributed by atoms with E-state index in [1.54, 1.807) is 0 Å². The number of aliphatic hydroxyl groups is 1. The monoisotopic (exact) mass is 141 g/mol. The van der Waals surface area contributed by atoms with Gasteiger partial charge < -0.3 is 10.4 Å². The van der Waals surface area contributed by atoms with Gasteiger partial charge in [-0.3, -0.25) is 4.79 Å². The van der Waals surface area contributed by atoms with E-state index in [1.807, 2.05) is 6.92 Å². The molecule has 10 heavy (non-hydrogen) atoms. The molecule has 0 bridgehead atoms. The molecule has 1 aliphatic heterocycles. The zero-order valence-electron chi connectivity index (χ0n) is 5.92. The first-order valence-corrected chi connectivity index (χ1v) is 3.43. The minimum absolute atomic E-state index is 0.184. The van der Waals surface area contributed by atoms with Gasteiger partial charge in [0.05, 0.1) is 0 Å². The minimum Gasteiger partial charge on any atom is -0.370 e. The fraction of sp³-hybridized carbons (Fsp3) is 0.571. The zero-order valence-corrected chi connectivity index (χ0v) is 5.92.